The Labute approximate surface area is 152 Å². The minimum absolute atomic E-state index is 0.0589. The number of carbonyl (C=O) groups is 2. The number of likely N-dealkylation sites (N-methyl/N-ethyl adjacent to an activating group) is 1. The number of carbonyl (C=O) groups excluding carboxylic acids is 2. The lowest BCUT2D eigenvalue weighted by atomic mass is 10.2. The smallest absolute Gasteiger partial charge is 0.262 e. The van der Waals surface area contributed by atoms with Gasteiger partial charge in [-0.2, -0.15) is 4.31 Å². The Bertz CT molecular complexity index is 831. The van der Waals surface area contributed by atoms with E-state index in [1.54, 1.807) is 13.0 Å². The molecular weight excluding hydrogens is 358 g/mol. The van der Waals surface area contributed by atoms with E-state index in [0.29, 0.717) is 17.0 Å². The van der Waals surface area contributed by atoms with Crippen LogP contribution in [-0.4, -0.2) is 50.8 Å². The summed E-state index contributed by atoms with van der Waals surface area (Å²) in [5.74, 6) is -0.284. The molecule has 0 saturated heterocycles. The minimum Gasteiger partial charge on any atom is -0.482 e. The molecule has 0 aromatic heterocycles. The van der Waals surface area contributed by atoms with Gasteiger partial charge in [-0.25, -0.2) is 8.42 Å². The monoisotopic (exact) mass is 381 g/mol. The second kappa shape index (κ2) is 7.24. The standard InChI is InChI=1S/C17H23N3O5S/c1-11-7-13-14(25-10-17(22)19-13)8-15(11)26(23,24)20(2)9-16(21)18-12-5-3-4-6-12/h7-8,12H,3-6,9-10H2,1-2H3,(H,18,21)(H,19,22). The number of nitrogens with zero attached hydrogens (tertiary/aromatic N) is 1. The van der Waals surface area contributed by atoms with Crippen LogP contribution >= 0.6 is 0 Å². The summed E-state index contributed by atoms with van der Waals surface area (Å²) < 4.78 is 32.1. The fourth-order valence-corrected chi connectivity index (χ4v) is 4.64. The zero-order valence-corrected chi connectivity index (χ0v) is 15.7. The highest BCUT2D eigenvalue weighted by atomic mass is 32.2. The average molecular weight is 381 g/mol. The number of aryl methyl sites for hydroxylation is 1. The molecule has 8 nitrogen and oxygen atoms in total. The van der Waals surface area contributed by atoms with Crippen LogP contribution in [0.15, 0.2) is 17.0 Å². The van der Waals surface area contributed by atoms with E-state index in [9.17, 15) is 18.0 Å². The van der Waals surface area contributed by atoms with Gasteiger partial charge in [0.15, 0.2) is 6.61 Å². The van der Waals surface area contributed by atoms with E-state index < -0.39 is 10.0 Å². The van der Waals surface area contributed by atoms with Crippen LogP contribution in [0.2, 0.25) is 0 Å². The van der Waals surface area contributed by atoms with Crippen molar-refractivity contribution >= 4 is 27.5 Å². The van der Waals surface area contributed by atoms with Gasteiger partial charge in [-0.3, -0.25) is 9.59 Å². The molecule has 26 heavy (non-hydrogen) atoms. The summed E-state index contributed by atoms with van der Waals surface area (Å²) in [6.07, 6.45) is 4.05. The van der Waals surface area contributed by atoms with Gasteiger partial charge >= 0.3 is 0 Å². The molecule has 0 unspecified atom stereocenters. The first-order valence-corrected chi connectivity index (χ1v) is 10.0. The van der Waals surface area contributed by atoms with Crippen LogP contribution in [0, 0.1) is 6.92 Å². The number of ether oxygens (including phenoxy) is 1. The summed E-state index contributed by atoms with van der Waals surface area (Å²) in [6, 6.07) is 3.09. The molecule has 0 radical (unpaired) electrons. The number of sulfonamides is 1. The van der Waals surface area contributed by atoms with Gasteiger partial charge in [0.05, 0.1) is 17.1 Å². The summed E-state index contributed by atoms with van der Waals surface area (Å²) in [4.78, 5) is 23.6. The van der Waals surface area contributed by atoms with E-state index in [4.69, 9.17) is 4.74 Å². The summed E-state index contributed by atoms with van der Waals surface area (Å²) in [6.45, 7) is 1.24. The number of amides is 2. The lowest BCUT2D eigenvalue weighted by Gasteiger charge is -2.23. The highest BCUT2D eigenvalue weighted by molar-refractivity contribution is 7.89. The van der Waals surface area contributed by atoms with Gasteiger partial charge in [-0.15, -0.1) is 0 Å². The first kappa shape index (κ1) is 18.7. The molecule has 0 bridgehead atoms. The van der Waals surface area contributed by atoms with Crippen molar-refractivity contribution in [3.8, 4) is 5.75 Å². The Morgan fingerprint density at radius 1 is 1.35 bits per heavy atom. The second-order valence-corrected chi connectivity index (χ2v) is 8.77. The Morgan fingerprint density at radius 2 is 2.04 bits per heavy atom. The Hall–Kier alpha value is -2.13. The molecule has 0 spiro atoms. The van der Waals surface area contributed by atoms with E-state index >= 15 is 0 Å². The van der Waals surface area contributed by atoms with Crippen LogP contribution < -0.4 is 15.4 Å². The van der Waals surface area contributed by atoms with Crippen LogP contribution in [-0.2, 0) is 19.6 Å². The van der Waals surface area contributed by atoms with Crippen molar-refractivity contribution in [1.29, 1.82) is 0 Å². The van der Waals surface area contributed by atoms with E-state index in [1.165, 1.54) is 13.1 Å². The normalized spacial score (nSPS) is 17.6. The maximum absolute atomic E-state index is 12.9. The highest BCUT2D eigenvalue weighted by Gasteiger charge is 2.28. The van der Waals surface area contributed by atoms with Gasteiger partial charge in [0.1, 0.15) is 5.75 Å². The lowest BCUT2D eigenvalue weighted by molar-refractivity contribution is -0.122. The topological polar surface area (TPSA) is 105 Å². The molecule has 3 rings (SSSR count). The van der Waals surface area contributed by atoms with Gasteiger partial charge in [0.25, 0.3) is 5.91 Å². The number of hydrogen-bond donors (Lipinski definition) is 2. The number of fused-ring (bicyclic) bond motifs is 1. The average Bonchev–Trinajstić information content (AvgIpc) is 3.06. The highest BCUT2D eigenvalue weighted by Crippen LogP contribution is 2.33. The minimum atomic E-state index is -3.87. The van der Waals surface area contributed by atoms with Crippen molar-refractivity contribution < 1.29 is 22.7 Å². The van der Waals surface area contributed by atoms with Crippen molar-refractivity contribution in [2.24, 2.45) is 0 Å². The molecular formula is C17H23N3O5S. The predicted octanol–water partition coefficient (Wildman–Crippen LogP) is 1.01. The van der Waals surface area contributed by atoms with E-state index in [0.717, 1.165) is 30.0 Å². The molecule has 1 aliphatic carbocycles. The Balaban J connectivity index is 1.76. The van der Waals surface area contributed by atoms with Crippen molar-refractivity contribution in [2.45, 2.75) is 43.5 Å². The summed E-state index contributed by atoms with van der Waals surface area (Å²) >= 11 is 0. The molecule has 9 heteroatoms. The molecule has 2 N–H and O–H groups in total. The maximum Gasteiger partial charge on any atom is 0.262 e. The van der Waals surface area contributed by atoms with E-state index in [-0.39, 0.29) is 35.9 Å². The molecule has 1 saturated carbocycles. The SMILES string of the molecule is Cc1cc2c(cc1S(=O)(=O)N(C)CC(=O)NC1CCCC1)OCC(=O)N2. The summed E-state index contributed by atoms with van der Waals surface area (Å²) in [7, 11) is -2.49. The van der Waals surface area contributed by atoms with Gasteiger partial charge in [0.2, 0.25) is 15.9 Å². The summed E-state index contributed by atoms with van der Waals surface area (Å²) in [5, 5.41) is 5.53. The quantitative estimate of drug-likeness (QED) is 0.792. The fourth-order valence-electron chi connectivity index (χ4n) is 3.29. The molecule has 2 aliphatic rings. The number of hydrogen-bond acceptors (Lipinski definition) is 5. The van der Waals surface area contributed by atoms with Crippen LogP contribution in [0.25, 0.3) is 0 Å². The van der Waals surface area contributed by atoms with Gasteiger partial charge < -0.3 is 15.4 Å². The van der Waals surface area contributed by atoms with E-state index in [2.05, 4.69) is 10.6 Å². The summed E-state index contributed by atoms with van der Waals surface area (Å²) in [5.41, 5.74) is 0.914. The predicted molar refractivity (Wildman–Crippen MR) is 95.5 cm³/mol. The molecule has 1 fully saturated rings. The van der Waals surface area contributed by atoms with Gasteiger partial charge in [-0.1, -0.05) is 12.8 Å². The Morgan fingerprint density at radius 3 is 2.73 bits per heavy atom. The molecule has 0 atom stereocenters. The molecule has 142 valence electrons. The van der Waals surface area contributed by atoms with Crippen LogP contribution in [0.4, 0.5) is 5.69 Å². The number of anilines is 1. The third-order valence-electron chi connectivity index (χ3n) is 4.68. The van der Waals surface area contributed by atoms with E-state index in [1.807, 2.05) is 0 Å². The van der Waals surface area contributed by atoms with Crippen molar-refractivity contribution in [3.63, 3.8) is 0 Å². The maximum atomic E-state index is 12.9. The second-order valence-electron chi connectivity index (χ2n) is 6.76. The van der Waals surface area contributed by atoms with Gasteiger partial charge in [-0.05, 0) is 31.4 Å². The first-order chi connectivity index (χ1) is 12.3. The largest absolute Gasteiger partial charge is 0.482 e. The zero-order valence-electron chi connectivity index (χ0n) is 14.9. The number of nitrogens with one attached hydrogen (secondary N) is 2. The third-order valence-corrected chi connectivity index (χ3v) is 6.63. The lowest BCUT2D eigenvalue weighted by Crippen LogP contribution is -2.42. The van der Waals surface area contributed by atoms with Crippen LogP contribution in [0.3, 0.4) is 0 Å². The van der Waals surface area contributed by atoms with Gasteiger partial charge in [0, 0.05) is 19.2 Å². The molecule has 2 amide bonds. The zero-order chi connectivity index (χ0) is 18.9. The molecule has 1 heterocycles. The number of benzene rings is 1. The van der Waals surface area contributed by atoms with Crippen molar-refractivity contribution in [1.82, 2.24) is 9.62 Å². The molecule has 1 aliphatic heterocycles. The van der Waals surface area contributed by atoms with Crippen LogP contribution in [0.5, 0.6) is 5.75 Å². The third kappa shape index (κ3) is 3.83. The van der Waals surface area contributed by atoms with Crippen molar-refractivity contribution in [3.05, 3.63) is 17.7 Å². The first-order valence-electron chi connectivity index (χ1n) is 8.60. The molecule has 1 aromatic carbocycles. The Kier molecular flexibility index (Phi) is 5.19. The molecule has 1 aromatic rings. The van der Waals surface area contributed by atoms with Crippen molar-refractivity contribution in [2.75, 3.05) is 25.5 Å². The van der Waals surface area contributed by atoms with Crippen LogP contribution in [0.1, 0.15) is 31.2 Å². The fraction of sp³-hybridized carbons (Fsp3) is 0.529. The number of rotatable bonds is 5.